The van der Waals surface area contributed by atoms with Crippen LogP contribution in [0.15, 0.2) is 0 Å². The third-order valence-corrected chi connectivity index (χ3v) is 4.29. The first kappa shape index (κ1) is 15.5. The van der Waals surface area contributed by atoms with E-state index in [1.807, 2.05) is 0 Å². The van der Waals surface area contributed by atoms with E-state index in [0.29, 0.717) is 0 Å². The molecule has 0 aromatic carbocycles. The molecular weight excluding hydrogens is 222 g/mol. The molecule has 3 heteroatoms. The molecule has 0 aromatic rings. The number of likely N-dealkylation sites (tertiary alicyclic amines) is 1. The Labute approximate surface area is 113 Å². The molecular formula is C15H29N3. The Kier molecular flexibility index (Phi) is 6.67. The fourth-order valence-corrected chi connectivity index (χ4v) is 2.79. The van der Waals surface area contributed by atoms with Crippen LogP contribution in [-0.4, -0.2) is 36.6 Å². The second-order valence-corrected chi connectivity index (χ2v) is 5.71. The molecule has 1 fully saturated rings. The minimum Gasteiger partial charge on any atom is -0.303 e. The lowest BCUT2D eigenvalue weighted by Gasteiger charge is -2.32. The summed E-state index contributed by atoms with van der Waals surface area (Å²) >= 11 is 0. The second-order valence-electron chi connectivity index (χ2n) is 5.71. The maximum Gasteiger partial charge on any atom is 0.106 e. The van der Waals surface area contributed by atoms with Crippen molar-refractivity contribution >= 4 is 0 Å². The van der Waals surface area contributed by atoms with E-state index < -0.39 is 0 Å². The molecule has 1 saturated heterocycles. The summed E-state index contributed by atoms with van der Waals surface area (Å²) in [6.07, 6.45) is 5.67. The summed E-state index contributed by atoms with van der Waals surface area (Å²) in [5.74, 6) is 0.900. The van der Waals surface area contributed by atoms with E-state index >= 15 is 0 Å². The van der Waals surface area contributed by atoms with Crippen molar-refractivity contribution < 1.29 is 0 Å². The Hall–Kier alpha value is -0.590. The minimum absolute atomic E-state index is 0.294. The normalized spacial score (nSPS) is 21.4. The molecule has 104 valence electrons. The smallest absolute Gasteiger partial charge is 0.106 e. The zero-order valence-corrected chi connectivity index (χ0v) is 12.3. The van der Waals surface area contributed by atoms with Gasteiger partial charge in [0.1, 0.15) is 5.54 Å². The second kappa shape index (κ2) is 7.76. The third kappa shape index (κ3) is 4.59. The van der Waals surface area contributed by atoms with E-state index in [1.54, 1.807) is 0 Å². The summed E-state index contributed by atoms with van der Waals surface area (Å²) in [6.45, 7) is 11.1. The van der Waals surface area contributed by atoms with Gasteiger partial charge in [-0.3, -0.25) is 5.32 Å². The maximum absolute atomic E-state index is 9.35. The highest BCUT2D eigenvalue weighted by Crippen LogP contribution is 2.19. The topological polar surface area (TPSA) is 39.1 Å². The lowest BCUT2D eigenvalue weighted by molar-refractivity contribution is 0.184. The summed E-state index contributed by atoms with van der Waals surface area (Å²) < 4.78 is 0. The quantitative estimate of drug-likeness (QED) is 0.756. The summed E-state index contributed by atoms with van der Waals surface area (Å²) in [5.41, 5.74) is -0.294. The molecule has 1 aliphatic heterocycles. The molecule has 1 unspecified atom stereocenters. The average Bonchev–Trinajstić information content (AvgIpc) is 2.40. The van der Waals surface area contributed by atoms with Gasteiger partial charge in [-0.25, -0.2) is 0 Å². The Morgan fingerprint density at radius 3 is 2.50 bits per heavy atom. The fourth-order valence-electron chi connectivity index (χ4n) is 2.79. The van der Waals surface area contributed by atoms with Crippen LogP contribution in [0.4, 0.5) is 0 Å². The van der Waals surface area contributed by atoms with Crippen molar-refractivity contribution in [1.82, 2.24) is 10.2 Å². The van der Waals surface area contributed by atoms with Crippen molar-refractivity contribution in [3.63, 3.8) is 0 Å². The maximum atomic E-state index is 9.35. The van der Waals surface area contributed by atoms with Crippen LogP contribution in [0, 0.1) is 17.2 Å². The van der Waals surface area contributed by atoms with E-state index in [4.69, 9.17) is 0 Å². The zero-order chi connectivity index (χ0) is 13.4. The van der Waals surface area contributed by atoms with Crippen LogP contribution in [0.1, 0.15) is 52.9 Å². The van der Waals surface area contributed by atoms with E-state index in [9.17, 15) is 5.26 Å². The van der Waals surface area contributed by atoms with Crippen molar-refractivity contribution in [3.8, 4) is 6.07 Å². The van der Waals surface area contributed by atoms with Gasteiger partial charge in [0, 0.05) is 0 Å². The van der Waals surface area contributed by atoms with Crippen LogP contribution in [0.5, 0.6) is 0 Å². The van der Waals surface area contributed by atoms with Gasteiger partial charge in [0.15, 0.2) is 0 Å². The molecule has 1 N–H and O–H groups in total. The lowest BCUT2D eigenvalue weighted by atomic mass is 9.91. The Morgan fingerprint density at radius 2 is 2.00 bits per heavy atom. The molecule has 0 amide bonds. The first-order chi connectivity index (χ1) is 8.65. The van der Waals surface area contributed by atoms with Crippen LogP contribution >= 0.6 is 0 Å². The van der Waals surface area contributed by atoms with Crippen molar-refractivity contribution in [1.29, 1.82) is 5.26 Å². The number of hydrogen-bond acceptors (Lipinski definition) is 3. The Bertz CT molecular complexity index is 263. The molecule has 0 bridgehead atoms. The van der Waals surface area contributed by atoms with Crippen molar-refractivity contribution in [2.45, 2.75) is 58.4 Å². The van der Waals surface area contributed by atoms with E-state index in [0.717, 1.165) is 38.3 Å². The van der Waals surface area contributed by atoms with Gasteiger partial charge >= 0.3 is 0 Å². The zero-order valence-electron chi connectivity index (χ0n) is 12.3. The molecule has 0 spiro atoms. The molecule has 0 radical (unpaired) electrons. The van der Waals surface area contributed by atoms with Crippen LogP contribution in [0.2, 0.25) is 0 Å². The highest BCUT2D eigenvalue weighted by Gasteiger charge is 2.26. The van der Waals surface area contributed by atoms with Crippen molar-refractivity contribution in [3.05, 3.63) is 0 Å². The molecule has 1 heterocycles. The third-order valence-electron chi connectivity index (χ3n) is 4.29. The summed E-state index contributed by atoms with van der Waals surface area (Å²) in [7, 11) is 0. The van der Waals surface area contributed by atoms with E-state index in [2.05, 4.69) is 37.1 Å². The number of nitrogens with one attached hydrogen (secondary N) is 1. The van der Waals surface area contributed by atoms with Crippen LogP contribution < -0.4 is 5.32 Å². The standard InChI is InChI=1S/C15H29N3/c1-4-15(13-16,17-5-2)9-6-10-18-11-7-14(3)8-12-18/h14,17H,4-12H2,1-3H3. The molecule has 0 saturated carbocycles. The van der Waals surface area contributed by atoms with E-state index in [1.165, 1.54) is 25.9 Å². The predicted octanol–water partition coefficient (Wildman–Crippen LogP) is 2.78. The van der Waals surface area contributed by atoms with Gasteiger partial charge in [-0.2, -0.15) is 5.26 Å². The van der Waals surface area contributed by atoms with Gasteiger partial charge in [0.05, 0.1) is 6.07 Å². The first-order valence-corrected chi connectivity index (χ1v) is 7.54. The summed E-state index contributed by atoms with van der Waals surface area (Å²) in [4.78, 5) is 2.56. The Balaban J connectivity index is 2.29. The molecule has 1 rings (SSSR count). The van der Waals surface area contributed by atoms with Crippen LogP contribution in [0.25, 0.3) is 0 Å². The molecule has 0 aromatic heterocycles. The SMILES string of the molecule is CCNC(C#N)(CC)CCCN1CCC(C)CC1. The van der Waals surface area contributed by atoms with Gasteiger partial charge in [-0.15, -0.1) is 0 Å². The number of rotatable bonds is 7. The average molecular weight is 251 g/mol. The molecule has 1 atom stereocenters. The number of piperidine rings is 1. The van der Waals surface area contributed by atoms with Crippen molar-refractivity contribution in [2.24, 2.45) is 5.92 Å². The van der Waals surface area contributed by atoms with Gasteiger partial charge in [-0.05, 0) is 64.2 Å². The van der Waals surface area contributed by atoms with Gasteiger partial charge < -0.3 is 4.90 Å². The summed E-state index contributed by atoms with van der Waals surface area (Å²) in [6, 6.07) is 2.48. The number of nitriles is 1. The Morgan fingerprint density at radius 1 is 1.33 bits per heavy atom. The van der Waals surface area contributed by atoms with Gasteiger partial charge in [-0.1, -0.05) is 20.8 Å². The van der Waals surface area contributed by atoms with Crippen molar-refractivity contribution in [2.75, 3.05) is 26.2 Å². The van der Waals surface area contributed by atoms with Crippen LogP contribution in [0.3, 0.4) is 0 Å². The van der Waals surface area contributed by atoms with E-state index in [-0.39, 0.29) is 5.54 Å². The first-order valence-electron chi connectivity index (χ1n) is 7.54. The monoisotopic (exact) mass is 251 g/mol. The van der Waals surface area contributed by atoms with Gasteiger partial charge in [0.2, 0.25) is 0 Å². The number of nitrogens with zero attached hydrogens (tertiary/aromatic N) is 2. The highest BCUT2D eigenvalue weighted by atomic mass is 15.1. The van der Waals surface area contributed by atoms with Gasteiger partial charge in [0.25, 0.3) is 0 Å². The number of hydrogen-bond donors (Lipinski definition) is 1. The largest absolute Gasteiger partial charge is 0.303 e. The molecule has 0 aliphatic carbocycles. The lowest BCUT2D eigenvalue weighted by Crippen LogP contribution is -2.44. The predicted molar refractivity (Wildman–Crippen MR) is 76.4 cm³/mol. The highest BCUT2D eigenvalue weighted by molar-refractivity contribution is 5.06. The fraction of sp³-hybridized carbons (Fsp3) is 0.933. The minimum atomic E-state index is -0.294. The molecule has 1 aliphatic rings. The molecule has 18 heavy (non-hydrogen) atoms. The summed E-state index contributed by atoms with van der Waals surface area (Å²) in [5, 5.41) is 12.7. The molecule has 3 nitrogen and oxygen atoms in total. The van der Waals surface area contributed by atoms with Crippen LogP contribution in [-0.2, 0) is 0 Å².